The summed E-state index contributed by atoms with van der Waals surface area (Å²) >= 11 is 5.89. The molecule has 8 heteroatoms. The van der Waals surface area contributed by atoms with Gasteiger partial charge in [0.1, 0.15) is 11.4 Å². The second-order valence-corrected chi connectivity index (χ2v) is 7.51. The van der Waals surface area contributed by atoms with E-state index in [1.807, 2.05) is 0 Å². The fourth-order valence-corrected chi connectivity index (χ4v) is 4.15. The zero-order valence-electron chi connectivity index (χ0n) is 12.6. The number of nitrogens with zero attached hydrogens (tertiary/aromatic N) is 2. The van der Waals surface area contributed by atoms with E-state index >= 15 is 0 Å². The Morgan fingerprint density at radius 2 is 1.88 bits per heavy atom. The van der Waals surface area contributed by atoms with E-state index in [0.29, 0.717) is 15.0 Å². The number of sulfonamides is 1. The number of carbonyl (C=O) groups excluding carboxylic acids is 2. The van der Waals surface area contributed by atoms with Crippen molar-refractivity contribution >= 4 is 39.1 Å². The molecule has 0 bridgehead atoms. The Morgan fingerprint density at radius 3 is 2.54 bits per heavy atom. The first kappa shape index (κ1) is 16.5. The van der Waals surface area contributed by atoms with Crippen molar-refractivity contribution in [2.24, 2.45) is 0 Å². The van der Waals surface area contributed by atoms with E-state index in [0.717, 1.165) is 0 Å². The molecule has 0 fully saturated rings. The van der Waals surface area contributed by atoms with Gasteiger partial charge in [0.05, 0.1) is 5.56 Å². The minimum absolute atomic E-state index is 0.0757. The third-order valence-electron chi connectivity index (χ3n) is 3.76. The van der Waals surface area contributed by atoms with Gasteiger partial charge in [-0.15, -0.1) is 0 Å². The number of halogens is 1. The van der Waals surface area contributed by atoms with Crippen molar-refractivity contribution in [2.45, 2.75) is 4.90 Å². The summed E-state index contributed by atoms with van der Waals surface area (Å²) in [5, 5.41) is 0.449. The molecule has 1 aliphatic rings. The van der Waals surface area contributed by atoms with Crippen molar-refractivity contribution in [1.29, 1.82) is 0 Å². The predicted octanol–water partition coefficient (Wildman–Crippen LogP) is 2.15. The lowest BCUT2D eigenvalue weighted by atomic mass is 10.2. The minimum atomic E-state index is -4.00. The van der Waals surface area contributed by atoms with E-state index in [9.17, 15) is 18.0 Å². The summed E-state index contributed by atoms with van der Waals surface area (Å²) in [5.74, 6) is -1.24. The second kappa shape index (κ2) is 5.92. The smallest absolute Gasteiger partial charge is 0.269 e. The summed E-state index contributed by atoms with van der Waals surface area (Å²) in [6, 6.07) is 12.5. The molecule has 6 nitrogen and oxygen atoms in total. The van der Waals surface area contributed by atoms with Crippen molar-refractivity contribution in [3.8, 4) is 0 Å². The van der Waals surface area contributed by atoms with Crippen LogP contribution in [0.3, 0.4) is 0 Å². The molecule has 0 saturated carbocycles. The van der Waals surface area contributed by atoms with Gasteiger partial charge in [-0.1, -0.05) is 29.8 Å². The summed E-state index contributed by atoms with van der Waals surface area (Å²) < 4.78 is 25.5. The molecule has 0 aromatic heterocycles. The Morgan fingerprint density at radius 1 is 1.17 bits per heavy atom. The van der Waals surface area contributed by atoms with Gasteiger partial charge >= 0.3 is 0 Å². The van der Waals surface area contributed by atoms with Crippen LogP contribution in [0.15, 0.2) is 53.4 Å². The largest absolute Gasteiger partial charge is 0.314 e. The predicted molar refractivity (Wildman–Crippen MR) is 89.5 cm³/mol. The van der Waals surface area contributed by atoms with Crippen LogP contribution in [-0.2, 0) is 14.8 Å². The Kier molecular flexibility index (Phi) is 4.06. The quantitative estimate of drug-likeness (QED) is 0.836. The van der Waals surface area contributed by atoms with Crippen LogP contribution in [0, 0.1) is 0 Å². The maximum atomic E-state index is 12.5. The third-order valence-corrected chi connectivity index (χ3v) is 5.78. The molecular formula is C16H13ClN2O4S. The topological polar surface area (TPSA) is 74.8 Å². The average molecular weight is 365 g/mol. The van der Waals surface area contributed by atoms with Crippen LogP contribution in [0.25, 0.3) is 0 Å². The molecule has 1 aliphatic heterocycles. The molecular weight excluding hydrogens is 352 g/mol. The molecule has 2 aromatic carbocycles. The number of benzene rings is 2. The lowest BCUT2D eigenvalue weighted by molar-refractivity contribution is -0.118. The molecule has 24 heavy (non-hydrogen) atoms. The van der Waals surface area contributed by atoms with Crippen molar-refractivity contribution in [1.82, 2.24) is 4.31 Å². The van der Waals surface area contributed by atoms with Gasteiger partial charge in [-0.3, -0.25) is 9.59 Å². The first-order valence-corrected chi connectivity index (χ1v) is 8.82. The highest BCUT2D eigenvalue weighted by Crippen LogP contribution is 2.30. The lowest BCUT2D eigenvalue weighted by Gasteiger charge is -2.21. The number of anilines is 1. The SMILES string of the molecule is CN(C(=O)CN1C(=O)c2ccccc2S1(=O)=O)c1cccc(Cl)c1. The number of rotatable bonds is 3. The monoisotopic (exact) mass is 364 g/mol. The van der Waals surface area contributed by atoms with Gasteiger partial charge in [-0.2, -0.15) is 0 Å². The summed E-state index contributed by atoms with van der Waals surface area (Å²) in [6.45, 7) is -0.571. The highest BCUT2D eigenvalue weighted by Gasteiger charge is 2.42. The van der Waals surface area contributed by atoms with Crippen LogP contribution in [0.1, 0.15) is 10.4 Å². The summed E-state index contributed by atoms with van der Waals surface area (Å²) in [6.07, 6.45) is 0. The van der Waals surface area contributed by atoms with Crippen LogP contribution in [0.5, 0.6) is 0 Å². The van der Waals surface area contributed by atoms with Gasteiger partial charge in [0, 0.05) is 17.8 Å². The molecule has 2 amide bonds. The van der Waals surface area contributed by atoms with Crippen LogP contribution >= 0.6 is 11.6 Å². The molecule has 0 spiro atoms. The molecule has 0 atom stereocenters. The van der Waals surface area contributed by atoms with E-state index in [1.165, 1.54) is 30.1 Å². The fraction of sp³-hybridized carbons (Fsp3) is 0.125. The van der Waals surface area contributed by atoms with Crippen molar-refractivity contribution in [3.63, 3.8) is 0 Å². The first-order chi connectivity index (χ1) is 11.3. The van der Waals surface area contributed by atoms with Gasteiger partial charge in [-0.05, 0) is 30.3 Å². The summed E-state index contributed by atoms with van der Waals surface area (Å²) in [4.78, 5) is 25.9. The zero-order valence-corrected chi connectivity index (χ0v) is 14.2. The molecule has 0 aliphatic carbocycles. The van der Waals surface area contributed by atoms with Crippen LogP contribution in [0.2, 0.25) is 5.02 Å². The summed E-state index contributed by atoms with van der Waals surface area (Å²) in [5.41, 5.74) is 0.588. The van der Waals surface area contributed by atoms with Crippen LogP contribution < -0.4 is 4.90 Å². The standard InChI is InChI=1S/C16H13ClN2O4S/c1-18(12-6-4-5-11(17)9-12)15(20)10-19-16(21)13-7-2-3-8-14(13)24(19,22)23/h2-9H,10H2,1H3. The maximum absolute atomic E-state index is 12.5. The number of fused-ring (bicyclic) bond motifs is 1. The average Bonchev–Trinajstić information content (AvgIpc) is 2.75. The molecule has 0 radical (unpaired) electrons. The maximum Gasteiger partial charge on any atom is 0.269 e. The Hall–Kier alpha value is -2.38. The second-order valence-electron chi connectivity index (χ2n) is 5.25. The number of carbonyl (C=O) groups is 2. The molecule has 3 rings (SSSR count). The van der Waals surface area contributed by atoms with Crippen molar-refractivity contribution in [2.75, 3.05) is 18.5 Å². The Balaban J connectivity index is 1.87. The van der Waals surface area contributed by atoms with E-state index in [-0.39, 0.29) is 10.5 Å². The Bertz CT molecular complexity index is 943. The highest BCUT2D eigenvalue weighted by molar-refractivity contribution is 7.90. The van der Waals surface area contributed by atoms with Gasteiger partial charge in [0.15, 0.2) is 0 Å². The van der Waals surface area contributed by atoms with E-state index < -0.39 is 28.4 Å². The van der Waals surface area contributed by atoms with E-state index in [2.05, 4.69) is 0 Å². The molecule has 0 unspecified atom stereocenters. The molecule has 1 heterocycles. The normalized spacial score (nSPS) is 15.2. The number of hydrogen-bond acceptors (Lipinski definition) is 4. The van der Waals surface area contributed by atoms with Gasteiger partial charge in [-0.25, -0.2) is 12.7 Å². The van der Waals surface area contributed by atoms with Gasteiger partial charge < -0.3 is 4.90 Å². The summed E-state index contributed by atoms with van der Waals surface area (Å²) in [7, 11) is -2.51. The number of amides is 2. The molecule has 0 saturated heterocycles. The minimum Gasteiger partial charge on any atom is -0.314 e. The Labute approximate surface area is 144 Å². The highest BCUT2D eigenvalue weighted by atomic mass is 35.5. The van der Waals surface area contributed by atoms with Gasteiger partial charge in [0.25, 0.3) is 15.9 Å². The molecule has 2 aromatic rings. The lowest BCUT2D eigenvalue weighted by Crippen LogP contribution is -2.41. The van der Waals surface area contributed by atoms with Crippen molar-refractivity contribution < 1.29 is 18.0 Å². The number of likely N-dealkylation sites (N-methyl/N-ethyl adjacent to an activating group) is 1. The molecule has 124 valence electrons. The van der Waals surface area contributed by atoms with Crippen molar-refractivity contribution in [3.05, 3.63) is 59.1 Å². The first-order valence-electron chi connectivity index (χ1n) is 7.00. The fourth-order valence-electron chi connectivity index (χ4n) is 2.44. The zero-order chi connectivity index (χ0) is 17.5. The van der Waals surface area contributed by atoms with E-state index in [4.69, 9.17) is 11.6 Å². The third kappa shape index (κ3) is 2.65. The van der Waals surface area contributed by atoms with Crippen LogP contribution in [-0.4, -0.2) is 38.1 Å². The van der Waals surface area contributed by atoms with Crippen LogP contribution in [0.4, 0.5) is 5.69 Å². The van der Waals surface area contributed by atoms with E-state index in [1.54, 1.807) is 30.3 Å². The molecule has 0 N–H and O–H groups in total. The number of hydrogen-bond donors (Lipinski definition) is 0. The van der Waals surface area contributed by atoms with Gasteiger partial charge in [0.2, 0.25) is 5.91 Å².